The SMILES string of the molecule is COc1cc(OC)nc(NC(=O)CNCC(F)(F)F)n1. The maximum Gasteiger partial charge on any atom is 0.401 e. The third kappa shape index (κ3) is 5.69. The van der Waals surface area contributed by atoms with Crippen LogP contribution < -0.4 is 20.1 Å². The van der Waals surface area contributed by atoms with Gasteiger partial charge in [-0.25, -0.2) is 0 Å². The minimum absolute atomic E-state index is 0.125. The number of hydrogen-bond donors (Lipinski definition) is 2. The molecule has 7 nitrogen and oxygen atoms in total. The first-order valence-corrected chi connectivity index (χ1v) is 5.38. The lowest BCUT2D eigenvalue weighted by molar-refractivity contribution is -0.126. The Labute approximate surface area is 112 Å². The maximum atomic E-state index is 11.9. The zero-order valence-electron chi connectivity index (χ0n) is 10.7. The minimum Gasteiger partial charge on any atom is -0.481 e. The van der Waals surface area contributed by atoms with E-state index in [4.69, 9.17) is 9.47 Å². The number of carbonyl (C=O) groups is 1. The Balaban J connectivity index is 2.57. The van der Waals surface area contributed by atoms with Gasteiger partial charge in [-0.05, 0) is 0 Å². The van der Waals surface area contributed by atoms with Gasteiger partial charge in [0.15, 0.2) is 0 Å². The number of methoxy groups -OCH3 is 2. The van der Waals surface area contributed by atoms with E-state index in [-0.39, 0.29) is 17.7 Å². The Bertz CT molecular complexity index is 445. The summed E-state index contributed by atoms with van der Waals surface area (Å²) in [4.78, 5) is 19.0. The molecular weight excluding hydrogens is 281 g/mol. The Morgan fingerprint density at radius 1 is 1.25 bits per heavy atom. The zero-order valence-corrected chi connectivity index (χ0v) is 10.7. The van der Waals surface area contributed by atoms with Crippen LogP contribution in [0.1, 0.15) is 0 Å². The molecular formula is C10H13F3N4O3. The van der Waals surface area contributed by atoms with Crippen molar-refractivity contribution in [2.45, 2.75) is 6.18 Å². The molecule has 0 aliphatic heterocycles. The molecule has 2 N–H and O–H groups in total. The van der Waals surface area contributed by atoms with Crippen molar-refractivity contribution in [2.24, 2.45) is 0 Å². The van der Waals surface area contributed by atoms with E-state index in [0.717, 1.165) is 0 Å². The minimum atomic E-state index is -4.38. The number of nitrogens with zero attached hydrogens (tertiary/aromatic N) is 2. The normalized spacial score (nSPS) is 11.1. The fourth-order valence-electron chi connectivity index (χ4n) is 1.16. The van der Waals surface area contributed by atoms with E-state index < -0.39 is 25.2 Å². The molecule has 0 saturated carbocycles. The van der Waals surface area contributed by atoms with Gasteiger partial charge in [-0.3, -0.25) is 10.1 Å². The van der Waals surface area contributed by atoms with E-state index >= 15 is 0 Å². The molecule has 0 unspecified atom stereocenters. The van der Waals surface area contributed by atoms with Crippen molar-refractivity contribution in [3.8, 4) is 11.8 Å². The summed E-state index contributed by atoms with van der Waals surface area (Å²) in [6.07, 6.45) is -4.38. The van der Waals surface area contributed by atoms with E-state index in [0.29, 0.717) is 0 Å². The first-order chi connectivity index (χ1) is 9.34. The van der Waals surface area contributed by atoms with Crippen LogP contribution in [0.3, 0.4) is 0 Å². The van der Waals surface area contributed by atoms with Crippen LogP contribution in [0.4, 0.5) is 19.1 Å². The van der Waals surface area contributed by atoms with E-state index in [9.17, 15) is 18.0 Å². The third-order valence-electron chi connectivity index (χ3n) is 1.96. The summed E-state index contributed by atoms with van der Waals surface area (Å²) in [6.45, 7) is -1.79. The van der Waals surface area contributed by atoms with Crippen molar-refractivity contribution in [1.29, 1.82) is 0 Å². The molecule has 1 rings (SSSR count). The van der Waals surface area contributed by atoms with Gasteiger partial charge in [0.25, 0.3) is 0 Å². The van der Waals surface area contributed by atoms with Crippen molar-refractivity contribution in [2.75, 3.05) is 32.6 Å². The molecule has 1 aromatic heterocycles. The number of anilines is 1. The largest absolute Gasteiger partial charge is 0.481 e. The average molecular weight is 294 g/mol. The van der Waals surface area contributed by atoms with Crippen LogP contribution in [0.2, 0.25) is 0 Å². The number of amides is 1. The molecule has 0 saturated heterocycles. The number of halogens is 3. The first kappa shape index (κ1) is 16.0. The number of alkyl halides is 3. The smallest absolute Gasteiger partial charge is 0.401 e. The van der Waals surface area contributed by atoms with Gasteiger partial charge in [0.1, 0.15) is 0 Å². The monoisotopic (exact) mass is 294 g/mol. The van der Waals surface area contributed by atoms with Crippen LogP contribution in [0.25, 0.3) is 0 Å². The highest BCUT2D eigenvalue weighted by molar-refractivity contribution is 5.90. The number of hydrogen-bond acceptors (Lipinski definition) is 6. The summed E-state index contributed by atoms with van der Waals surface area (Å²) in [5.41, 5.74) is 0. The molecule has 112 valence electrons. The van der Waals surface area contributed by atoms with Gasteiger partial charge >= 0.3 is 6.18 Å². The molecule has 1 amide bonds. The van der Waals surface area contributed by atoms with Crippen molar-refractivity contribution < 1.29 is 27.4 Å². The number of rotatable bonds is 6. The molecule has 20 heavy (non-hydrogen) atoms. The summed E-state index contributed by atoms with van der Waals surface area (Å²) in [5.74, 6) is -0.546. The van der Waals surface area contributed by atoms with Gasteiger partial charge in [0.05, 0.1) is 33.4 Å². The lowest BCUT2D eigenvalue weighted by atomic mass is 10.5. The molecule has 0 spiro atoms. The molecule has 0 radical (unpaired) electrons. The highest BCUT2D eigenvalue weighted by Gasteiger charge is 2.26. The predicted octanol–water partition coefficient (Wildman–Crippen LogP) is 0.584. The second-order valence-electron chi connectivity index (χ2n) is 3.54. The number of ether oxygens (including phenoxy) is 2. The van der Waals surface area contributed by atoms with Gasteiger partial charge in [-0.1, -0.05) is 0 Å². The molecule has 0 aliphatic rings. The van der Waals surface area contributed by atoms with Crippen molar-refractivity contribution in [3.05, 3.63) is 6.07 Å². The molecule has 1 heterocycles. The van der Waals surface area contributed by atoms with E-state index in [1.165, 1.54) is 20.3 Å². The van der Waals surface area contributed by atoms with E-state index in [1.54, 1.807) is 0 Å². The van der Waals surface area contributed by atoms with Crippen molar-refractivity contribution >= 4 is 11.9 Å². The Morgan fingerprint density at radius 3 is 2.25 bits per heavy atom. The number of aromatic nitrogens is 2. The Kier molecular flexibility index (Phi) is 5.50. The van der Waals surface area contributed by atoms with Crippen molar-refractivity contribution in [1.82, 2.24) is 15.3 Å². The summed E-state index contributed by atoms with van der Waals surface area (Å²) >= 11 is 0. The number of carbonyl (C=O) groups excluding carboxylic acids is 1. The van der Waals surface area contributed by atoms with E-state index in [1.807, 2.05) is 5.32 Å². The summed E-state index contributed by atoms with van der Waals surface area (Å²) in [7, 11) is 2.72. The van der Waals surface area contributed by atoms with Crippen LogP contribution in [0, 0.1) is 0 Å². The third-order valence-corrected chi connectivity index (χ3v) is 1.96. The van der Waals surface area contributed by atoms with Gasteiger partial charge in [-0.15, -0.1) is 0 Å². The highest BCUT2D eigenvalue weighted by Crippen LogP contribution is 2.17. The molecule has 10 heteroatoms. The number of nitrogens with one attached hydrogen (secondary N) is 2. The standard InChI is InChI=1S/C10H13F3N4O3/c1-19-7-3-8(20-2)17-9(16-7)15-6(18)4-14-5-10(11,12)13/h3,14H,4-5H2,1-2H3,(H,15,16,17,18). The van der Waals surface area contributed by atoms with Crippen LogP contribution in [-0.2, 0) is 4.79 Å². The summed E-state index contributed by atoms with van der Waals surface area (Å²) in [5, 5.41) is 4.17. The van der Waals surface area contributed by atoms with Crippen LogP contribution >= 0.6 is 0 Å². The van der Waals surface area contributed by atoms with Crippen LogP contribution in [-0.4, -0.2) is 49.4 Å². The van der Waals surface area contributed by atoms with Gasteiger partial charge in [0.2, 0.25) is 23.6 Å². The Hall–Kier alpha value is -2.10. The van der Waals surface area contributed by atoms with Crippen LogP contribution in [0.15, 0.2) is 6.07 Å². The highest BCUT2D eigenvalue weighted by atomic mass is 19.4. The predicted molar refractivity (Wildman–Crippen MR) is 62.7 cm³/mol. The molecule has 1 aromatic rings. The summed E-state index contributed by atoms with van der Waals surface area (Å²) in [6, 6.07) is 1.39. The molecule has 0 fully saturated rings. The molecule has 0 atom stereocenters. The van der Waals surface area contributed by atoms with E-state index in [2.05, 4.69) is 15.3 Å². The molecule has 0 bridgehead atoms. The summed E-state index contributed by atoms with van der Waals surface area (Å²) < 4.78 is 45.4. The molecule has 0 aliphatic carbocycles. The fourth-order valence-corrected chi connectivity index (χ4v) is 1.16. The van der Waals surface area contributed by atoms with Gasteiger partial charge in [-0.2, -0.15) is 23.1 Å². The maximum absolute atomic E-state index is 11.9. The Morgan fingerprint density at radius 2 is 1.80 bits per heavy atom. The fraction of sp³-hybridized carbons (Fsp3) is 0.500. The second-order valence-corrected chi connectivity index (χ2v) is 3.54. The van der Waals surface area contributed by atoms with Gasteiger partial charge in [0, 0.05) is 0 Å². The molecule has 0 aromatic carbocycles. The van der Waals surface area contributed by atoms with Gasteiger partial charge < -0.3 is 14.8 Å². The van der Waals surface area contributed by atoms with Crippen LogP contribution in [0.5, 0.6) is 11.8 Å². The lowest BCUT2D eigenvalue weighted by Gasteiger charge is -2.09. The zero-order chi connectivity index (χ0) is 15.2. The first-order valence-electron chi connectivity index (χ1n) is 5.38. The van der Waals surface area contributed by atoms with Crippen molar-refractivity contribution in [3.63, 3.8) is 0 Å². The lowest BCUT2D eigenvalue weighted by Crippen LogP contribution is -2.35. The topological polar surface area (TPSA) is 85.4 Å². The quantitative estimate of drug-likeness (QED) is 0.798. The second kappa shape index (κ2) is 6.89. The average Bonchev–Trinajstić information content (AvgIpc) is 2.36.